The SMILES string of the molecule is CC(C)NCC(=O)Nc1cnccc1N(C)C. The number of carbonyl (C=O) groups is 1. The number of anilines is 2. The van der Waals surface area contributed by atoms with Crippen molar-refractivity contribution in [3.05, 3.63) is 18.5 Å². The number of rotatable bonds is 5. The van der Waals surface area contributed by atoms with Gasteiger partial charge in [0.05, 0.1) is 24.1 Å². The van der Waals surface area contributed by atoms with Gasteiger partial charge in [0.1, 0.15) is 0 Å². The van der Waals surface area contributed by atoms with E-state index in [2.05, 4.69) is 15.6 Å². The molecule has 0 bridgehead atoms. The summed E-state index contributed by atoms with van der Waals surface area (Å²) in [5, 5.41) is 5.91. The first-order valence-electron chi connectivity index (χ1n) is 5.65. The summed E-state index contributed by atoms with van der Waals surface area (Å²) in [5.41, 5.74) is 1.67. The smallest absolute Gasteiger partial charge is 0.238 e. The lowest BCUT2D eigenvalue weighted by Crippen LogP contribution is -2.33. The number of nitrogens with one attached hydrogen (secondary N) is 2. The second kappa shape index (κ2) is 6.20. The van der Waals surface area contributed by atoms with E-state index in [9.17, 15) is 4.79 Å². The highest BCUT2D eigenvalue weighted by Crippen LogP contribution is 2.21. The van der Waals surface area contributed by atoms with Crippen LogP contribution in [0.15, 0.2) is 18.5 Å². The molecule has 94 valence electrons. The number of hydrogen-bond acceptors (Lipinski definition) is 4. The molecule has 0 atom stereocenters. The number of hydrogen-bond donors (Lipinski definition) is 2. The zero-order valence-corrected chi connectivity index (χ0v) is 10.8. The molecule has 1 aromatic heterocycles. The Bertz CT molecular complexity index is 377. The molecule has 0 saturated carbocycles. The fourth-order valence-corrected chi connectivity index (χ4v) is 1.36. The van der Waals surface area contributed by atoms with Crippen LogP contribution in [-0.4, -0.2) is 37.6 Å². The van der Waals surface area contributed by atoms with Crippen LogP contribution in [0.3, 0.4) is 0 Å². The van der Waals surface area contributed by atoms with Crippen LogP contribution in [0.5, 0.6) is 0 Å². The molecule has 17 heavy (non-hydrogen) atoms. The minimum Gasteiger partial charge on any atom is -0.376 e. The van der Waals surface area contributed by atoms with Crippen molar-refractivity contribution in [1.82, 2.24) is 10.3 Å². The van der Waals surface area contributed by atoms with Crippen LogP contribution in [0.2, 0.25) is 0 Å². The Balaban J connectivity index is 2.65. The van der Waals surface area contributed by atoms with E-state index in [0.29, 0.717) is 12.6 Å². The zero-order valence-electron chi connectivity index (χ0n) is 10.8. The van der Waals surface area contributed by atoms with Crippen molar-refractivity contribution in [3.8, 4) is 0 Å². The summed E-state index contributed by atoms with van der Waals surface area (Å²) >= 11 is 0. The van der Waals surface area contributed by atoms with Gasteiger partial charge in [0.2, 0.25) is 5.91 Å². The first-order valence-corrected chi connectivity index (χ1v) is 5.65. The lowest BCUT2D eigenvalue weighted by molar-refractivity contribution is -0.115. The lowest BCUT2D eigenvalue weighted by Gasteiger charge is -2.17. The minimum absolute atomic E-state index is 0.0604. The van der Waals surface area contributed by atoms with E-state index in [4.69, 9.17) is 0 Å². The molecule has 0 radical (unpaired) electrons. The number of aromatic nitrogens is 1. The molecule has 0 aliphatic heterocycles. The fourth-order valence-electron chi connectivity index (χ4n) is 1.36. The van der Waals surface area contributed by atoms with E-state index >= 15 is 0 Å². The summed E-state index contributed by atoms with van der Waals surface area (Å²) in [4.78, 5) is 17.6. The maximum Gasteiger partial charge on any atom is 0.238 e. The summed E-state index contributed by atoms with van der Waals surface area (Å²) in [6.45, 7) is 4.31. The molecule has 0 spiro atoms. The third-order valence-corrected chi connectivity index (χ3v) is 2.22. The normalized spacial score (nSPS) is 10.4. The molecular weight excluding hydrogens is 216 g/mol. The predicted octanol–water partition coefficient (Wildman–Crippen LogP) is 1.08. The van der Waals surface area contributed by atoms with Gasteiger partial charge in [0, 0.05) is 26.3 Å². The largest absolute Gasteiger partial charge is 0.376 e. The summed E-state index contributed by atoms with van der Waals surface area (Å²) in [6, 6.07) is 2.16. The van der Waals surface area contributed by atoms with Crippen LogP contribution in [0.1, 0.15) is 13.8 Å². The van der Waals surface area contributed by atoms with Gasteiger partial charge in [-0.1, -0.05) is 13.8 Å². The van der Waals surface area contributed by atoms with E-state index in [1.165, 1.54) is 0 Å². The third kappa shape index (κ3) is 4.40. The quantitative estimate of drug-likeness (QED) is 0.803. The summed E-state index contributed by atoms with van der Waals surface area (Å²) in [6.07, 6.45) is 3.36. The summed E-state index contributed by atoms with van der Waals surface area (Å²) < 4.78 is 0. The van der Waals surface area contributed by atoms with Crippen LogP contribution in [0.25, 0.3) is 0 Å². The van der Waals surface area contributed by atoms with Gasteiger partial charge in [-0.05, 0) is 6.07 Å². The number of pyridine rings is 1. The van der Waals surface area contributed by atoms with Gasteiger partial charge >= 0.3 is 0 Å². The topological polar surface area (TPSA) is 57.3 Å². The molecular formula is C12H20N4O. The van der Waals surface area contributed by atoms with Crippen molar-refractivity contribution in [2.24, 2.45) is 0 Å². The van der Waals surface area contributed by atoms with E-state index in [-0.39, 0.29) is 5.91 Å². The Morgan fingerprint density at radius 2 is 2.18 bits per heavy atom. The summed E-state index contributed by atoms with van der Waals surface area (Å²) in [5.74, 6) is -0.0604. The Kier molecular flexibility index (Phi) is 4.90. The highest BCUT2D eigenvalue weighted by Gasteiger charge is 2.08. The summed E-state index contributed by atoms with van der Waals surface area (Å²) in [7, 11) is 3.86. The molecule has 0 unspecified atom stereocenters. The first-order chi connectivity index (χ1) is 8.00. The molecule has 1 rings (SSSR count). The first kappa shape index (κ1) is 13.4. The van der Waals surface area contributed by atoms with Crippen molar-refractivity contribution in [2.45, 2.75) is 19.9 Å². The predicted molar refractivity (Wildman–Crippen MR) is 70.3 cm³/mol. The molecule has 0 fully saturated rings. The molecule has 0 aromatic carbocycles. The maximum absolute atomic E-state index is 11.7. The Hall–Kier alpha value is -1.62. The van der Waals surface area contributed by atoms with E-state index in [1.54, 1.807) is 12.4 Å². The van der Waals surface area contributed by atoms with Gasteiger partial charge in [0.25, 0.3) is 0 Å². The third-order valence-electron chi connectivity index (χ3n) is 2.22. The van der Waals surface area contributed by atoms with Crippen molar-refractivity contribution in [3.63, 3.8) is 0 Å². The number of carbonyl (C=O) groups excluding carboxylic acids is 1. The minimum atomic E-state index is -0.0604. The van der Waals surface area contributed by atoms with Crippen LogP contribution in [-0.2, 0) is 4.79 Å². The van der Waals surface area contributed by atoms with E-state index in [0.717, 1.165) is 11.4 Å². The molecule has 0 aliphatic carbocycles. The zero-order chi connectivity index (χ0) is 12.8. The van der Waals surface area contributed by atoms with Gasteiger partial charge in [-0.2, -0.15) is 0 Å². The average Bonchev–Trinajstić information content (AvgIpc) is 2.27. The second-order valence-corrected chi connectivity index (χ2v) is 4.37. The van der Waals surface area contributed by atoms with Crippen LogP contribution < -0.4 is 15.5 Å². The average molecular weight is 236 g/mol. The molecule has 0 saturated heterocycles. The van der Waals surface area contributed by atoms with Crippen molar-refractivity contribution in [2.75, 3.05) is 30.9 Å². The monoisotopic (exact) mass is 236 g/mol. The van der Waals surface area contributed by atoms with Crippen molar-refractivity contribution in [1.29, 1.82) is 0 Å². The molecule has 0 aliphatic rings. The molecule has 1 aromatic rings. The number of nitrogens with zero attached hydrogens (tertiary/aromatic N) is 2. The Labute approximate surface area is 102 Å². The molecule has 5 nitrogen and oxygen atoms in total. The van der Waals surface area contributed by atoms with Gasteiger partial charge < -0.3 is 15.5 Å². The van der Waals surface area contributed by atoms with Gasteiger partial charge in [-0.15, -0.1) is 0 Å². The second-order valence-electron chi connectivity index (χ2n) is 4.37. The number of amides is 1. The lowest BCUT2D eigenvalue weighted by atomic mass is 10.3. The van der Waals surface area contributed by atoms with Crippen LogP contribution in [0.4, 0.5) is 11.4 Å². The van der Waals surface area contributed by atoms with Crippen LogP contribution >= 0.6 is 0 Å². The molecule has 1 heterocycles. The van der Waals surface area contributed by atoms with Gasteiger partial charge in [0.15, 0.2) is 0 Å². The van der Waals surface area contributed by atoms with E-state index < -0.39 is 0 Å². The Morgan fingerprint density at radius 1 is 1.47 bits per heavy atom. The molecule has 5 heteroatoms. The van der Waals surface area contributed by atoms with Gasteiger partial charge in [-0.25, -0.2) is 0 Å². The van der Waals surface area contributed by atoms with Crippen LogP contribution in [0, 0.1) is 0 Å². The highest BCUT2D eigenvalue weighted by molar-refractivity contribution is 5.95. The van der Waals surface area contributed by atoms with E-state index in [1.807, 2.05) is 38.9 Å². The fraction of sp³-hybridized carbons (Fsp3) is 0.500. The maximum atomic E-state index is 11.7. The molecule has 1 amide bonds. The van der Waals surface area contributed by atoms with Gasteiger partial charge in [-0.3, -0.25) is 9.78 Å². The molecule has 2 N–H and O–H groups in total. The van der Waals surface area contributed by atoms with Crippen molar-refractivity contribution >= 4 is 17.3 Å². The van der Waals surface area contributed by atoms with Crippen molar-refractivity contribution < 1.29 is 4.79 Å². The highest BCUT2D eigenvalue weighted by atomic mass is 16.1. The standard InChI is InChI=1S/C12H20N4O/c1-9(2)14-8-12(17)15-10-7-13-6-5-11(10)16(3)4/h5-7,9,14H,8H2,1-4H3,(H,15,17). The Morgan fingerprint density at radius 3 is 2.76 bits per heavy atom.